The van der Waals surface area contributed by atoms with Gasteiger partial charge < -0.3 is 15.1 Å². The van der Waals surface area contributed by atoms with Crippen molar-refractivity contribution >= 4 is 17.6 Å². The molecule has 2 saturated heterocycles. The summed E-state index contributed by atoms with van der Waals surface area (Å²) < 4.78 is 0. The number of nitrogens with one attached hydrogen (secondary N) is 1. The van der Waals surface area contributed by atoms with Crippen LogP contribution in [0.2, 0.25) is 0 Å². The van der Waals surface area contributed by atoms with Crippen LogP contribution in [0.4, 0.5) is 5.82 Å². The molecule has 8 nitrogen and oxygen atoms in total. The lowest BCUT2D eigenvalue weighted by Crippen LogP contribution is -2.55. The van der Waals surface area contributed by atoms with Crippen LogP contribution in [0.1, 0.15) is 56.3 Å². The highest BCUT2D eigenvalue weighted by atomic mass is 16.2. The molecule has 8 heteroatoms. The fourth-order valence-corrected chi connectivity index (χ4v) is 5.32. The summed E-state index contributed by atoms with van der Waals surface area (Å²) in [4.78, 5) is 38.8. The number of nitrogens with zero attached hydrogens (tertiary/aromatic N) is 5. The molecule has 3 fully saturated rings. The second-order valence-electron chi connectivity index (χ2n) is 10.5. The molecule has 1 aromatic rings. The number of pyridine rings is 1. The van der Waals surface area contributed by atoms with Crippen molar-refractivity contribution in [3.63, 3.8) is 0 Å². The second kappa shape index (κ2) is 12.0. The average Bonchev–Trinajstić information content (AvgIpc) is 3.39. The molecule has 0 unspecified atom stereocenters. The first kappa shape index (κ1) is 24.9. The van der Waals surface area contributed by atoms with Crippen molar-refractivity contribution < 1.29 is 9.59 Å². The van der Waals surface area contributed by atoms with E-state index in [0.29, 0.717) is 24.6 Å². The highest BCUT2D eigenvalue weighted by molar-refractivity contribution is 5.94. The van der Waals surface area contributed by atoms with Gasteiger partial charge in [-0.15, -0.1) is 0 Å². The maximum atomic E-state index is 12.9. The molecule has 3 aliphatic rings. The zero-order valence-corrected chi connectivity index (χ0v) is 21.0. The molecule has 0 spiro atoms. The van der Waals surface area contributed by atoms with Crippen LogP contribution in [-0.4, -0.2) is 103 Å². The molecule has 1 aliphatic carbocycles. The maximum Gasteiger partial charge on any atom is 0.252 e. The van der Waals surface area contributed by atoms with Gasteiger partial charge in [-0.1, -0.05) is 26.7 Å². The summed E-state index contributed by atoms with van der Waals surface area (Å²) in [5, 5.41) is 2.96. The zero-order chi connectivity index (χ0) is 23.9. The lowest BCUT2D eigenvalue weighted by atomic mass is 10.1. The minimum atomic E-state index is -0.0629. The lowest BCUT2D eigenvalue weighted by Gasteiger charge is -2.40. The zero-order valence-electron chi connectivity index (χ0n) is 21.0. The minimum Gasteiger partial charge on any atom is -0.354 e. The normalized spacial score (nSPS) is 20.8. The van der Waals surface area contributed by atoms with Gasteiger partial charge in [0.25, 0.3) is 5.91 Å². The number of hydrogen-bond donors (Lipinski definition) is 1. The summed E-state index contributed by atoms with van der Waals surface area (Å²) >= 11 is 0. The third-order valence-electron chi connectivity index (χ3n) is 7.58. The van der Waals surface area contributed by atoms with Crippen LogP contribution in [0, 0.1) is 5.92 Å². The average molecular weight is 471 g/mol. The molecule has 1 N–H and O–H groups in total. The highest BCUT2D eigenvalue weighted by Crippen LogP contribution is 2.24. The van der Waals surface area contributed by atoms with Crippen molar-refractivity contribution in [3.05, 3.63) is 23.9 Å². The standard InChI is InChI=1S/C26H42N6O2/c1-21(2)9-10-27-26(34)22-7-8-24(28-19-22)31-13-11-29(12-14-31)20-25(33)32-17-15-30(16-18-32)23-5-3-4-6-23/h7-8,19,21,23H,3-6,9-18,20H2,1-2H3,(H,27,34). The molecule has 0 bridgehead atoms. The number of carbonyl (C=O) groups is 2. The van der Waals surface area contributed by atoms with E-state index in [-0.39, 0.29) is 11.8 Å². The first-order valence-electron chi connectivity index (χ1n) is 13.2. The molecule has 0 aromatic carbocycles. The van der Waals surface area contributed by atoms with Gasteiger partial charge in [-0.3, -0.25) is 19.4 Å². The quantitative estimate of drug-likeness (QED) is 0.627. The smallest absolute Gasteiger partial charge is 0.252 e. The number of anilines is 1. The number of amides is 2. The largest absolute Gasteiger partial charge is 0.354 e. The SMILES string of the molecule is CC(C)CCNC(=O)c1ccc(N2CCN(CC(=O)N3CCN(C4CCCC4)CC3)CC2)nc1. The molecule has 0 radical (unpaired) electrons. The molecular formula is C26H42N6O2. The summed E-state index contributed by atoms with van der Waals surface area (Å²) in [6.07, 6.45) is 8.04. The van der Waals surface area contributed by atoms with Crippen LogP contribution in [0.15, 0.2) is 18.3 Å². The Labute approximate surface area is 204 Å². The predicted octanol–water partition coefficient (Wildman–Crippen LogP) is 2.07. The van der Waals surface area contributed by atoms with Gasteiger partial charge >= 0.3 is 0 Å². The van der Waals surface area contributed by atoms with E-state index < -0.39 is 0 Å². The molecule has 34 heavy (non-hydrogen) atoms. The molecule has 3 heterocycles. The molecule has 4 rings (SSSR count). The van der Waals surface area contributed by atoms with Gasteiger partial charge in [-0.05, 0) is 37.3 Å². The van der Waals surface area contributed by atoms with E-state index >= 15 is 0 Å². The number of piperazine rings is 2. The molecule has 2 aliphatic heterocycles. The Balaban J connectivity index is 1.17. The molecule has 1 saturated carbocycles. The molecule has 0 atom stereocenters. The number of carbonyl (C=O) groups excluding carboxylic acids is 2. The van der Waals surface area contributed by atoms with Crippen LogP contribution < -0.4 is 10.2 Å². The predicted molar refractivity (Wildman–Crippen MR) is 135 cm³/mol. The maximum absolute atomic E-state index is 12.9. The fraction of sp³-hybridized carbons (Fsp3) is 0.731. The minimum absolute atomic E-state index is 0.0629. The summed E-state index contributed by atoms with van der Waals surface area (Å²) in [5.74, 6) is 1.67. The van der Waals surface area contributed by atoms with E-state index in [1.807, 2.05) is 12.1 Å². The van der Waals surface area contributed by atoms with Crippen molar-refractivity contribution in [2.75, 3.05) is 70.3 Å². The van der Waals surface area contributed by atoms with Gasteiger partial charge in [-0.25, -0.2) is 4.98 Å². The van der Waals surface area contributed by atoms with E-state index in [1.165, 1.54) is 25.7 Å². The third kappa shape index (κ3) is 6.69. The van der Waals surface area contributed by atoms with Gasteiger partial charge in [0.2, 0.25) is 5.91 Å². The summed E-state index contributed by atoms with van der Waals surface area (Å²) in [6, 6.07) is 4.54. The van der Waals surface area contributed by atoms with Crippen molar-refractivity contribution in [2.24, 2.45) is 5.92 Å². The summed E-state index contributed by atoms with van der Waals surface area (Å²) in [6.45, 7) is 12.7. The summed E-state index contributed by atoms with van der Waals surface area (Å²) in [5.41, 5.74) is 0.602. The fourth-order valence-electron chi connectivity index (χ4n) is 5.32. The van der Waals surface area contributed by atoms with Gasteiger partial charge in [0.05, 0.1) is 12.1 Å². The molecule has 1 aromatic heterocycles. The molecular weight excluding hydrogens is 428 g/mol. The van der Waals surface area contributed by atoms with Crippen LogP contribution >= 0.6 is 0 Å². The Morgan fingerprint density at radius 3 is 2.32 bits per heavy atom. The first-order chi connectivity index (χ1) is 16.5. The van der Waals surface area contributed by atoms with E-state index in [9.17, 15) is 9.59 Å². The Hall–Kier alpha value is -2.19. The van der Waals surface area contributed by atoms with Gasteiger partial charge in [-0.2, -0.15) is 0 Å². The first-order valence-corrected chi connectivity index (χ1v) is 13.2. The molecule has 188 valence electrons. The van der Waals surface area contributed by atoms with E-state index in [1.54, 1.807) is 6.20 Å². The Morgan fingerprint density at radius 1 is 1.00 bits per heavy atom. The van der Waals surface area contributed by atoms with Crippen molar-refractivity contribution in [2.45, 2.75) is 52.0 Å². The van der Waals surface area contributed by atoms with Gasteiger partial charge in [0, 0.05) is 71.1 Å². The Kier molecular flexibility index (Phi) is 8.78. The number of rotatable bonds is 8. The molecule has 2 amide bonds. The van der Waals surface area contributed by atoms with Crippen molar-refractivity contribution in [1.29, 1.82) is 0 Å². The summed E-state index contributed by atoms with van der Waals surface area (Å²) in [7, 11) is 0. The van der Waals surface area contributed by atoms with Crippen LogP contribution in [-0.2, 0) is 4.79 Å². The van der Waals surface area contributed by atoms with E-state index in [4.69, 9.17) is 0 Å². The van der Waals surface area contributed by atoms with Crippen LogP contribution in [0.25, 0.3) is 0 Å². The van der Waals surface area contributed by atoms with Gasteiger partial charge in [0.1, 0.15) is 5.82 Å². The monoisotopic (exact) mass is 470 g/mol. The third-order valence-corrected chi connectivity index (χ3v) is 7.58. The highest BCUT2D eigenvalue weighted by Gasteiger charge is 2.29. The van der Waals surface area contributed by atoms with Crippen LogP contribution in [0.5, 0.6) is 0 Å². The number of aromatic nitrogens is 1. The van der Waals surface area contributed by atoms with E-state index in [2.05, 4.69) is 43.7 Å². The lowest BCUT2D eigenvalue weighted by molar-refractivity contribution is -0.134. The van der Waals surface area contributed by atoms with Crippen LogP contribution in [0.3, 0.4) is 0 Å². The van der Waals surface area contributed by atoms with E-state index in [0.717, 1.165) is 70.6 Å². The Morgan fingerprint density at radius 2 is 1.71 bits per heavy atom. The van der Waals surface area contributed by atoms with Crippen molar-refractivity contribution in [3.8, 4) is 0 Å². The number of hydrogen-bond acceptors (Lipinski definition) is 6. The Bertz CT molecular complexity index is 792. The van der Waals surface area contributed by atoms with Crippen molar-refractivity contribution in [1.82, 2.24) is 25.0 Å². The van der Waals surface area contributed by atoms with Gasteiger partial charge in [0.15, 0.2) is 0 Å². The second-order valence-corrected chi connectivity index (χ2v) is 10.5. The topological polar surface area (TPSA) is 72.0 Å².